The second-order valence-corrected chi connectivity index (χ2v) is 7.24. The first-order chi connectivity index (χ1) is 16.5. The van der Waals surface area contributed by atoms with Crippen molar-refractivity contribution in [3.05, 3.63) is 79.0 Å². The number of urea groups is 1. The van der Waals surface area contributed by atoms with Crippen LogP contribution in [0.5, 0.6) is 11.5 Å². The maximum absolute atomic E-state index is 12.4. The van der Waals surface area contributed by atoms with Gasteiger partial charge in [0.2, 0.25) is 5.95 Å². The van der Waals surface area contributed by atoms with E-state index in [0.717, 1.165) is 5.56 Å². The fraction of sp³-hybridized carbons (Fsp3) is 0.0800. The van der Waals surface area contributed by atoms with Crippen molar-refractivity contribution in [3.63, 3.8) is 0 Å². The lowest BCUT2D eigenvalue weighted by Crippen LogP contribution is -2.19. The Kier molecular flexibility index (Phi) is 6.73. The Balaban J connectivity index is 1.53. The molecule has 0 fully saturated rings. The maximum Gasteiger partial charge on any atom is 0.323 e. The molecule has 0 spiro atoms. The average Bonchev–Trinajstić information content (AvgIpc) is 2.84. The van der Waals surface area contributed by atoms with Crippen LogP contribution in [0.4, 0.5) is 33.5 Å². The number of nitrogen functional groups attached to an aromatic ring is 1. The number of ether oxygens (including phenoxy) is 2. The lowest BCUT2D eigenvalue weighted by molar-refractivity contribution is 0.262. The smallest absolute Gasteiger partial charge is 0.323 e. The van der Waals surface area contributed by atoms with Gasteiger partial charge in [0, 0.05) is 41.0 Å². The van der Waals surface area contributed by atoms with E-state index in [1.165, 1.54) is 0 Å². The van der Waals surface area contributed by atoms with E-state index >= 15 is 0 Å². The molecular weight excluding hydrogens is 432 g/mol. The monoisotopic (exact) mass is 456 g/mol. The Labute approximate surface area is 197 Å². The van der Waals surface area contributed by atoms with Crippen LogP contribution in [0.1, 0.15) is 0 Å². The molecule has 9 nitrogen and oxygen atoms in total. The van der Waals surface area contributed by atoms with Crippen LogP contribution in [0.2, 0.25) is 0 Å². The third-order valence-electron chi connectivity index (χ3n) is 4.87. The SMILES string of the molecule is COc1cc(NC(=O)Nc2ccccc2)cc(Nc2nccc(-c3ccc(OC)c(N)c3)n2)c1. The first-order valence-corrected chi connectivity index (χ1v) is 10.4. The number of nitrogens with zero attached hydrogens (tertiary/aromatic N) is 2. The third-order valence-corrected chi connectivity index (χ3v) is 4.87. The lowest BCUT2D eigenvalue weighted by Gasteiger charge is -2.13. The summed E-state index contributed by atoms with van der Waals surface area (Å²) >= 11 is 0. The van der Waals surface area contributed by atoms with E-state index in [1.807, 2.05) is 24.3 Å². The second-order valence-electron chi connectivity index (χ2n) is 7.24. The molecule has 0 aliphatic heterocycles. The largest absolute Gasteiger partial charge is 0.497 e. The molecule has 0 radical (unpaired) electrons. The molecule has 3 aromatic carbocycles. The summed E-state index contributed by atoms with van der Waals surface area (Å²) in [5, 5.41) is 8.75. The number of carbonyl (C=O) groups is 1. The van der Waals surface area contributed by atoms with Crippen LogP contribution >= 0.6 is 0 Å². The van der Waals surface area contributed by atoms with Crippen molar-refractivity contribution in [2.45, 2.75) is 0 Å². The highest BCUT2D eigenvalue weighted by Gasteiger charge is 2.09. The molecule has 0 unspecified atom stereocenters. The number of benzene rings is 3. The number of nitrogens with one attached hydrogen (secondary N) is 3. The average molecular weight is 457 g/mol. The van der Waals surface area contributed by atoms with Crippen LogP contribution in [-0.4, -0.2) is 30.2 Å². The Morgan fingerprint density at radius 3 is 2.35 bits per heavy atom. The highest BCUT2D eigenvalue weighted by molar-refractivity contribution is 6.00. The molecule has 0 aliphatic rings. The van der Waals surface area contributed by atoms with Gasteiger partial charge in [-0.3, -0.25) is 0 Å². The Morgan fingerprint density at radius 1 is 0.853 bits per heavy atom. The molecule has 1 aromatic heterocycles. The minimum atomic E-state index is -0.374. The fourth-order valence-corrected chi connectivity index (χ4v) is 3.28. The summed E-state index contributed by atoms with van der Waals surface area (Å²) in [4.78, 5) is 21.3. The van der Waals surface area contributed by atoms with E-state index in [2.05, 4.69) is 25.9 Å². The van der Waals surface area contributed by atoms with Crippen LogP contribution in [-0.2, 0) is 0 Å². The van der Waals surface area contributed by atoms with Crippen molar-refractivity contribution in [1.82, 2.24) is 9.97 Å². The van der Waals surface area contributed by atoms with Crippen molar-refractivity contribution in [2.24, 2.45) is 0 Å². The highest BCUT2D eigenvalue weighted by Crippen LogP contribution is 2.29. The minimum absolute atomic E-state index is 0.374. The van der Waals surface area contributed by atoms with E-state index in [1.54, 1.807) is 68.9 Å². The zero-order valence-corrected chi connectivity index (χ0v) is 18.7. The molecular formula is C25H24N6O3. The van der Waals surface area contributed by atoms with E-state index in [-0.39, 0.29) is 6.03 Å². The van der Waals surface area contributed by atoms with E-state index in [9.17, 15) is 4.79 Å². The molecule has 9 heteroatoms. The lowest BCUT2D eigenvalue weighted by atomic mass is 10.1. The number of amides is 2. The fourth-order valence-electron chi connectivity index (χ4n) is 3.28. The van der Waals surface area contributed by atoms with Gasteiger partial charge >= 0.3 is 6.03 Å². The van der Waals surface area contributed by atoms with Crippen molar-refractivity contribution in [2.75, 3.05) is 35.9 Å². The van der Waals surface area contributed by atoms with Gasteiger partial charge in [0.25, 0.3) is 0 Å². The number of hydrogen-bond donors (Lipinski definition) is 4. The predicted octanol–water partition coefficient (Wildman–Crippen LogP) is 5.13. The van der Waals surface area contributed by atoms with Gasteiger partial charge in [-0.15, -0.1) is 0 Å². The van der Waals surface area contributed by atoms with E-state index < -0.39 is 0 Å². The summed E-state index contributed by atoms with van der Waals surface area (Å²) in [6.45, 7) is 0. The molecule has 4 aromatic rings. The molecule has 0 saturated heterocycles. The molecule has 172 valence electrons. The number of aromatic nitrogens is 2. The zero-order chi connectivity index (χ0) is 23.9. The second kappa shape index (κ2) is 10.2. The molecule has 0 saturated carbocycles. The van der Waals surface area contributed by atoms with Gasteiger partial charge in [-0.05, 0) is 42.5 Å². The summed E-state index contributed by atoms with van der Waals surface area (Å²) in [5.74, 6) is 1.53. The number of hydrogen-bond acceptors (Lipinski definition) is 7. The van der Waals surface area contributed by atoms with Crippen LogP contribution in [0.25, 0.3) is 11.3 Å². The molecule has 0 atom stereocenters. The number of rotatable bonds is 7. The van der Waals surface area contributed by atoms with E-state index in [0.29, 0.717) is 45.9 Å². The van der Waals surface area contributed by atoms with Gasteiger partial charge in [-0.25, -0.2) is 14.8 Å². The summed E-state index contributed by atoms with van der Waals surface area (Å²) in [7, 11) is 3.12. The van der Waals surface area contributed by atoms with Crippen LogP contribution in [0.15, 0.2) is 79.0 Å². The molecule has 34 heavy (non-hydrogen) atoms. The zero-order valence-electron chi connectivity index (χ0n) is 18.7. The van der Waals surface area contributed by atoms with Gasteiger partial charge in [0.05, 0.1) is 25.6 Å². The predicted molar refractivity (Wildman–Crippen MR) is 134 cm³/mol. The van der Waals surface area contributed by atoms with E-state index in [4.69, 9.17) is 15.2 Å². The van der Waals surface area contributed by atoms with Gasteiger partial charge in [-0.2, -0.15) is 0 Å². The number of carbonyl (C=O) groups excluding carboxylic acids is 1. The number of para-hydroxylation sites is 1. The van der Waals surface area contributed by atoms with Crippen molar-refractivity contribution in [3.8, 4) is 22.8 Å². The van der Waals surface area contributed by atoms with Crippen molar-refractivity contribution >= 4 is 34.7 Å². The number of nitrogens with two attached hydrogens (primary N) is 1. The molecule has 4 rings (SSSR count). The van der Waals surface area contributed by atoms with Crippen LogP contribution < -0.4 is 31.2 Å². The van der Waals surface area contributed by atoms with Crippen LogP contribution in [0, 0.1) is 0 Å². The Hall–Kier alpha value is -4.79. The quantitative estimate of drug-likeness (QED) is 0.284. The van der Waals surface area contributed by atoms with Gasteiger partial charge < -0.3 is 31.2 Å². The number of methoxy groups -OCH3 is 2. The van der Waals surface area contributed by atoms with Gasteiger partial charge in [0.1, 0.15) is 11.5 Å². The molecule has 1 heterocycles. The summed E-state index contributed by atoms with van der Waals surface area (Å²) in [5.41, 5.74) is 9.93. The summed E-state index contributed by atoms with van der Waals surface area (Å²) < 4.78 is 10.6. The summed E-state index contributed by atoms with van der Waals surface area (Å²) in [6.07, 6.45) is 1.65. The number of anilines is 5. The van der Waals surface area contributed by atoms with Crippen molar-refractivity contribution < 1.29 is 14.3 Å². The Morgan fingerprint density at radius 2 is 1.62 bits per heavy atom. The van der Waals surface area contributed by atoms with Crippen molar-refractivity contribution in [1.29, 1.82) is 0 Å². The normalized spacial score (nSPS) is 10.3. The first kappa shape index (κ1) is 22.4. The standard InChI is InChI=1S/C25H24N6O3/c1-33-20-14-18(13-19(15-20)30-25(32)29-17-6-4-3-5-7-17)28-24-27-11-10-22(31-24)16-8-9-23(34-2)21(26)12-16/h3-15H,26H2,1-2H3,(H,27,28,31)(H2,29,30,32). The maximum atomic E-state index is 12.4. The third kappa shape index (κ3) is 5.52. The topological polar surface area (TPSA) is 123 Å². The van der Waals surface area contributed by atoms with Crippen LogP contribution in [0.3, 0.4) is 0 Å². The van der Waals surface area contributed by atoms with Gasteiger partial charge in [0.15, 0.2) is 0 Å². The summed E-state index contributed by atoms with van der Waals surface area (Å²) in [6, 6.07) is 21.3. The minimum Gasteiger partial charge on any atom is -0.497 e. The molecule has 0 bridgehead atoms. The Bertz CT molecular complexity index is 1300. The first-order valence-electron chi connectivity index (χ1n) is 10.4. The highest BCUT2D eigenvalue weighted by atomic mass is 16.5. The molecule has 0 aliphatic carbocycles. The van der Waals surface area contributed by atoms with Gasteiger partial charge in [-0.1, -0.05) is 18.2 Å². The molecule has 2 amide bonds. The molecule has 5 N–H and O–H groups in total.